The first kappa shape index (κ1) is 19.2. The Labute approximate surface area is 154 Å². The topological polar surface area (TPSA) is 65.4 Å². The largest absolute Gasteiger partial charge is 0.394 e. The van der Waals surface area contributed by atoms with E-state index in [9.17, 15) is 5.11 Å². The highest BCUT2D eigenvalue weighted by Gasteiger charge is 2.08. The molecule has 3 rings (SSSR count). The summed E-state index contributed by atoms with van der Waals surface area (Å²) in [6.07, 6.45) is 1.02. The lowest BCUT2D eigenvalue weighted by molar-refractivity contribution is 0.105. The van der Waals surface area contributed by atoms with Gasteiger partial charge in [-0.15, -0.1) is 12.4 Å². The number of nitrogens with zero attached hydrogens (tertiary/aromatic N) is 1. The average Bonchev–Trinajstić information content (AvgIpc) is 2.65. The molecule has 0 amide bonds. The molecular formula is C20H23ClN2O2. The van der Waals surface area contributed by atoms with Gasteiger partial charge < -0.3 is 15.5 Å². The predicted molar refractivity (Wildman–Crippen MR) is 104 cm³/mol. The minimum Gasteiger partial charge on any atom is -0.394 e. The molecule has 0 fully saturated rings. The summed E-state index contributed by atoms with van der Waals surface area (Å²) in [6, 6.07) is 20.4. The second kappa shape index (κ2) is 9.37. The Kier molecular flexibility index (Phi) is 7.19. The van der Waals surface area contributed by atoms with Crippen LogP contribution in [0.4, 0.5) is 5.69 Å². The van der Waals surface area contributed by atoms with Crippen LogP contribution in [0.25, 0.3) is 10.9 Å². The van der Waals surface area contributed by atoms with E-state index in [1.807, 2.05) is 48.5 Å². The Balaban J connectivity index is 0.00000225. The highest BCUT2D eigenvalue weighted by atomic mass is 35.5. The van der Waals surface area contributed by atoms with E-state index < -0.39 is 6.10 Å². The van der Waals surface area contributed by atoms with Gasteiger partial charge in [-0.2, -0.15) is 0 Å². The molecule has 3 N–H and O–H groups in total. The Bertz CT molecular complexity index is 796. The maximum Gasteiger partial charge on any atom is 0.0942 e. The van der Waals surface area contributed by atoms with E-state index in [4.69, 9.17) is 10.1 Å². The fourth-order valence-electron chi connectivity index (χ4n) is 2.71. The molecule has 0 bridgehead atoms. The first-order valence-corrected chi connectivity index (χ1v) is 8.21. The number of hydrogen-bond acceptors (Lipinski definition) is 4. The summed E-state index contributed by atoms with van der Waals surface area (Å²) >= 11 is 0. The Morgan fingerprint density at radius 3 is 2.44 bits per heavy atom. The summed E-state index contributed by atoms with van der Waals surface area (Å²) in [5.41, 5.74) is 4.18. The van der Waals surface area contributed by atoms with E-state index in [-0.39, 0.29) is 19.0 Å². The fraction of sp³-hybridized carbons (Fsp3) is 0.250. The lowest BCUT2D eigenvalue weighted by atomic mass is 10.1. The first-order valence-electron chi connectivity index (χ1n) is 8.21. The Morgan fingerprint density at radius 2 is 1.68 bits per heavy atom. The van der Waals surface area contributed by atoms with Gasteiger partial charge in [0.15, 0.2) is 0 Å². The van der Waals surface area contributed by atoms with E-state index in [0.29, 0.717) is 6.54 Å². The number of para-hydroxylation sites is 1. The quantitative estimate of drug-likeness (QED) is 0.606. The van der Waals surface area contributed by atoms with E-state index in [2.05, 4.69) is 17.4 Å². The second-order valence-corrected chi connectivity index (χ2v) is 5.88. The molecule has 3 aromatic rings. The lowest BCUT2D eigenvalue weighted by Gasteiger charge is -2.14. The molecule has 0 aliphatic rings. The molecule has 0 aliphatic carbocycles. The van der Waals surface area contributed by atoms with Crippen molar-refractivity contribution < 1.29 is 10.2 Å². The zero-order valence-corrected chi connectivity index (χ0v) is 14.7. The zero-order chi connectivity index (χ0) is 16.8. The molecule has 5 heteroatoms. The molecule has 0 saturated carbocycles. The molecule has 1 heterocycles. The van der Waals surface area contributed by atoms with Gasteiger partial charge in [0.05, 0.1) is 18.2 Å². The molecule has 0 aliphatic heterocycles. The normalized spacial score (nSPS) is 11.8. The molecule has 1 aromatic heterocycles. The molecule has 4 nitrogen and oxygen atoms in total. The minimum absolute atomic E-state index is 0. The van der Waals surface area contributed by atoms with Crippen LogP contribution < -0.4 is 5.32 Å². The molecule has 0 radical (unpaired) electrons. The van der Waals surface area contributed by atoms with Crippen molar-refractivity contribution >= 4 is 29.0 Å². The number of benzene rings is 2. The summed E-state index contributed by atoms with van der Waals surface area (Å²) in [5, 5.41) is 22.8. The van der Waals surface area contributed by atoms with E-state index >= 15 is 0 Å². The highest BCUT2D eigenvalue weighted by molar-refractivity contribution is 5.91. The maximum absolute atomic E-state index is 9.58. The predicted octanol–water partition coefficient (Wildman–Crippen LogP) is 3.21. The van der Waals surface area contributed by atoms with Crippen molar-refractivity contribution in [3.8, 4) is 0 Å². The second-order valence-electron chi connectivity index (χ2n) is 5.88. The average molecular weight is 359 g/mol. The Morgan fingerprint density at radius 1 is 0.960 bits per heavy atom. The van der Waals surface area contributed by atoms with Crippen molar-refractivity contribution in [2.45, 2.75) is 18.9 Å². The molecule has 2 aromatic carbocycles. The van der Waals surface area contributed by atoms with Crippen LogP contribution in [0, 0.1) is 0 Å². The summed E-state index contributed by atoms with van der Waals surface area (Å²) in [4.78, 5) is 4.75. The van der Waals surface area contributed by atoms with Crippen molar-refractivity contribution in [2.24, 2.45) is 0 Å². The number of aromatic nitrogens is 1. The molecule has 1 atom stereocenters. The molecule has 0 saturated heterocycles. The highest BCUT2D eigenvalue weighted by Crippen LogP contribution is 2.24. The SMILES string of the molecule is Cl.OC[C@@H](O)CNc1cc(CCc2ccccc2)nc2ccccc12. The Hall–Kier alpha value is -2.14. The molecule has 0 unspecified atom stereocenters. The number of fused-ring (bicyclic) bond motifs is 1. The minimum atomic E-state index is -0.773. The summed E-state index contributed by atoms with van der Waals surface area (Å²) in [5.74, 6) is 0. The van der Waals surface area contributed by atoms with Gasteiger partial charge in [-0.1, -0.05) is 48.5 Å². The summed E-state index contributed by atoms with van der Waals surface area (Å²) in [7, 11) is 0. The number of hydrogen-bond donors (Lipinski definition) is 3. The monoisotopic (exact) mass is 358 g/mol. The molecule has 0 spiro atoms. The van der Waals surface area contributed by atoms with Gasteiger partial charge in [0.25, 0.3) is 0 Å². The number of aryl methyl sites for hydroxylation is 2. The van der Waals surface area contributed by atoms with Crippen LogP contribution in [0.3, 0.4) is 0 Å². The summed E-state index contributed by atoms with van der Waals surface area (Å²) < 4.78 is 0. The van der Waals surface area contributed by atoms with Crippen molar-refractivity contribution in [3.63, 3.8) is 0 Å². The third-order valence-corrected chi connectivity index (χ3v) is 4.02. The van der Waals surface area contributed by atoms with E-state index in [0.717, 1.165) is 35.1 Å². The standard InChI is InChI=1S/C20H22N2O2.ClH/c23-14-17(24)13-21-20-12-16(11-10-15-6-2-1-3-7-15)22-19-9-5-4-8-18(19)20;/h1-9,12,17,23-24H,10-11,13-14H2,(H,21,22);1H/t17-;/m0./s1. The van der Waals surface area contributed by atoms with Crippen LogP contribution in [-0.2, 0) is 12.8 Å². The number of halogens is 1. The molecule has 132 valence electrons. The first-order chi connectivity index (χ1) is 11.8. The van der Waals surface area contributed by atoms with Crippen molar-refractivity contribution in [1.82, 2.24) is 4.98 Å². The van der Waals surface area contributed by atoms with Gasteiger partial charge in [-0.05, 0) is 30.5 Å². The number of pyridine rings is 1. The van der Waals surface area contributed by atoms with Gasteiger partial charge >= 0.3 is 0 Å². The van der Waals surface area contributed by atoms with Crippen LogP contribution in [0.1, 0.15) is 11.3 Å². The van der Waals surface area contributed by atoms with Gasteiger partial charge in [0.1, 0.15) is 0 Å². The smallest absolute Gasteiger partial charge is 0.0942 e. The number of rotatable bonds is 7. The van der Waals surface area contributed by atoms with Gasteiger partial charge in [-0.3, -0.25) is 4.98 Å². The third-order valence-electron chi connectivity index (χ3n) is 4.02. The summed E-state index contributed by atoms with van der Waals surface area (Å²) in [6.45, 7) is 0.0551. The van der Waals surface area contributed by atoms with Crippen LogP contribution in [0.2, 0.25) is 0 Å². The van der Waals surface area contributed by atoms with Crippen LogP contribution in [0.15, 0.2) is 60.7 Å². The molecule has 25 heavy (non-hydrogen) atoms. The number of aliphatic hydroxyl groups excluding tert-OH is 2. The van der Waals surface area contributed by atoms with Crippen LogP contribution >= 0.6 is 12.4 Å². The maximum atomic E-state index is 9.58. The van der Waals surface area contributed by atoms with E-state index in [1.54, 1.807) is 0 Å². The van der Waals surface area contributed by atoms with Gasteiger partial charge in [-0.25, -0.2) is 0 Å². The van der Waals surface area contributed by atoms with Gasteiger partial charge in [0.2, 0.25) is 0 Å². The van der Waals surface area contributed by atoms with Crippen molar-refractivity contribution in [3.05, 3.63) is 71.9 Å². The van der Waals surface area contributed by atoms with Crippen LogP contribution in [0.5, 0.6) is 0 Å². The number of anilines is 1. The van der Waals surface area contributed by atoms with Gasteiger partial charge in [0, 0.05) is 23.3 Å². The number of aliphatic hydroxyl groups is 2. The lowest BCUT2D eigenvalue weighted by Crippen LogP contribution is -2.23. The molecular weight excluding hydrogens is 336 g/mol. The van der Waals surface area contributed by atoms with Crippen LogP contribution in [-0.4, -0.2) is 34.5 Å². The fourth-order valence-corrected chi connectivity index (χ4v) is 2.71. The van der Waals surface area contributed by atoms with Crippen molar-refractivity contribution in [1.29, 1.82) is 0 Å². The van der Waals surface area contributed by atoms with E-state index in [1.165, 1.54) is 5.56 Å². The number of nitrogens with one attached hydrogen (secondary N) is 1. The third kappa shape index (κ3) is 5.16. The van der Waals surface area contributed by atoms with Crippen molar-refractivity contribution in [2.75, 3.05) is 18.5 Å². The zero-order valence-electron chi connectivity index (χ0n) is 13.9.